The fraction of sp³-hybridized carbons (Fsp3) is 0.421. The fourth-order valence-corrected chi connectivity index (χ4v) is 3.46. The van der Waals surface area contributed by atoms with Crippen LogP contribution in [-0.4, -0.2) is 30.0 Å². The van der Waals surface area contributed by atoms with E-state index in [0.717, 1.165) is 5.82 Å². The number of hydrogen-bond acceptors (Lipinski definition) is 3. The van der Waals surface area contributed by atoms with Gasteiger partial charge in [0, 0.05) is 30.5 Å². The van der Waals surface area contributed by atoms with Crippen LogP contribution >= 0.6 is 0 Å². The Balaban J connectivity index is 1.93. The number of aromatic nitrogens is 1. The van der Waals surface area contributed by atoms with E-state index in [9.17, 15) is 0 Å². The van der Waals surface area contributed by atoms with E-state index >= 15 is 0 Å². The molecule has 0 N–H and O–H groups in total. The lowest BCUT2D eigenvalue weighted by Crippen LogP contribution is -2.26. The monoisotopic (exact) mass is 295 g/mol. The molecule has 1 atom stereocenters. The van der Waals surface area contributed by atoms with Crippen molar-refractivity contribution in [2.24, 2.45) is 0 Å². The van der Waals surface area contributed by atoms with Crippen molar-refractivity contribution in [3.05, 3.63) is 54.2 Å². The maximum atomic E-state index is 4.69. The number of benzene rings is 1. The average Bonchev–Trinajstić information content (AvgIpc) is 3.03. The molecule has 1 aliphatic heterocycles. The van der Waals surface area contributed by atoms with Crippen LogP contribution in [0.5, 0.6) is 0 Å². The number of nitrogens with zero attached hydrogens (tertiary/aromatic N) is 3. The van der Waals surface area contributed by atoms with Gasteiger partial charge in [0.15, 0.2) is 0 Å². The molecule has 2 aromatic rings. The minimum Gasteiger partial charge on any atom is -0.329 e. The van der Waals surface area contributed by atoms with Gasteiger partial charge in [-0.25, -0.2) is 4.98 Å². The smallest absolute Gasteiger partial charge is 0.137 e. The third-order valence-corrected chi connectivity index (χ3v) is 4.51. The van der Waals surface area contributed by atoms with Crippen LogP contribution in [0.1, 0.15) is 37.8 Å². The predicted octanol–water partition coefficient (Wildman–Crippen LogP) is 4.40. The summed E-state index contributed by atoms with van der Waals surface area (Å²) in [6, 6.07) is 15.3. The summed E-state index contributed by atoms with van der Waals surface area (Å²) in [5.41, 5.74) is 2.54. The van der Waals surface area contributed by atoms with Gasteiger partial charge in [-0.2, -0.15) is 0 Å². The Morgan fingerprint density at radius 2 is 2.00 bits per heavy atom. The molecule has 0 aliphatic carbocycles. The molecule has 0 amide bonds. The van der Waals surface area contributed by atoms with Crippen molar-refractivity contribution in [3.63, 3.8) is 0 Å². The molecule has 3 rings (SSSR count). The first-order valence-electron chi connectivity index (χ1n) is 8.29. The number of anilines is 2. The van der Waals surface area contributed by atoms with Crippen LogP contribution in [0.15, 0.2) is 48.7 Å². The fourth-order valence-electron chi connectivity index (χ4n) is 3.46. The van der Waals surface area contributed by atoms with Gasteiger partial charge in [0.1, 0.15) is 5.82 Å². The summed E-state index contributed by atoms with van der Waals surface area (Å²) in [6.45, 7) is 4.64. The standard InChI is InChI=1S/C19H25N3/c1-3-14-22-15-8-12-18(22)17-11-7-13-20-19(17)21(2)16-9-5-4-6-10-16/h4-7,9-11,13,18H,3,8,12,14-15H2,1-2H3. The van der Waals surface area contributed by atoms with Crippen LogP contribution in [0, 0.1) is 0 Å². The van der Waals surface area contributed by atoms with Crippen molar-refractivity contribution < 1.29 is 0 Å². The molecule has 1 aliphatic rings. The van der Waals surface area contributed by atoms with E-state index in [4.69, 9.17) is 4.98 Å². The molecule has 1 saturated heterocycles. The molecule has 3 nitrogen and oxygen atoms in total. The van der Waals surface area contributed by atoms with Crippen LogP contribution in [0.4, 0.5) is 11.5 Å². The Bertz CT molecular complexity index is 597. The second-order valence-corrected chi connectivity index (χ2v) is 6.00. The third-order valence-electron chi connectivity index (χ3n) is 4.51. The van der Waals surface area contributed by atoms with Crippen molar-refractivity contribution in [3.8, 4) is 0 Å². The van der Waals surface area contributed by atoms with E-state index in [2.05, 4.69) is 66.2 Å². The zero-order chi connectivity index (χ0) is 15.4. The minimum absolute atomic E-state index is 0.509. The molecule has 0 saturated carbocycles. The molecule has 1 aromatic carbocycles. The van der Waals surface area contributed by atoms with Crippen LogP contribution in [0.3, 0.4) is 0 Å². The van der Waals surface area contributed by atoms with Crippen molar-refractivity contribution in [1.82, 2.24) is 9.88 Å². The highest BCUT2D eigenvalue weighted by Crippen LogP contribution is 2.37. The van der Waals surface area contributed by atoms with E-state index in [-0.39, 0.29) is 0 Å². The maximum absolute atomic E-state index is 4.69. The Kier molecular flexibility index (Phi) is 4.74. The molecular formula is C19H25N3. The topological polar surface area (TPSA) is 19.4 Å². The molecule has 22 heavy (non-hydrogen) atoms. The summed E-state index contributed by atoms with van der Waals surface area (Å²) < 4.78 is 0. The zero-order valence-corrected chi connectivity index (χ0v) is 13.6. The Hall–Kier alpha value is -1.87. The lowest BCUT2D eigenvalue weighted by molar-refractivity contribution is 0.258. The van der Waals surface area contributed by atoms with Crippen molar-refractivity contribution >= 4 is 11.5 Å². The SMILES string of the molecule is CCCN1CCCC1c1cccnc1N(C)c1ccccc1. The normalized spacial score (nSPS) is 18.5. The highest BCUT2D eigenvalue weighted by molar-refractivity contribution is 5.62. The number of hydrogen-bond donors (Lipinski definition) is 0. The molecule has 2 heterocycles. The Morgan fingerprint density at radius 1 is 1.18 bits per heavy atom. The molecular weight excluding hydrogens is 270 g/mol. The Morgan fingerprint density at radius 3 is 2.77 bits per heavy atom. The number of rotatable bonds is 5. The predicted molar refractivity (Wildman–Crippen MR) is 92.6 cm³/mol. The first-order chi connectivity index (χ1) is 10.8. The van der Waals surface area contributed by atoms with E-state index in [1.54, 1.807) is 0 Å². The molecule has 3 heteroatoms. The summed E-state index contributed by atoms with van der Waals surface area (Å²) in [5.74, 6) is 1.08. The van der Waals surface area contributed by atoms with Crippen molar-refractivity contribution in [2.45, 2.75) is 32.2 Å². The van der Waals surface area contributed by atoms with Gasteiger partial charge >= 0.3 is 0 Å². The summed E-state index contributed by atoms with van der Waals surface area (Å²) in [7, 11) is 2.11. The number of para-hydroxylation sites is 1. The molecule has 1 fully saturated rings. The van der Waals surface area contributed by atoms with Gasteiger partial charge in [-0.1, -0.05) is 31.2 Å². The first kappa shape index (κ1) is 15.0. The van der Waals surface area contributed by atoms with Gasteiger partial charge in [-0.15, -0.1) is 0 Å². The van der Waals surface area contributed by atoms with Crippen molar-refractivity contribution in [1.29, 1.82) is 0 Å². The molecule has 0 bridgehead atoms. The quantitative estimate of drug-likeness (QED) is 0.815. The second kappa shape index (κ2) is 6.93. The van der Waals surface area contributed by atoms with Gasteiger partial charge in [-0.3, -0.25) is 4.90 Å². The van der Waals surface area contributed by atoms with Crippen molar-refractivity contribution in [2.75, 3.05) is 25.0 Å². The maximum Gasteiger partial charge on any atom is 0.137 e. The zero-order valence-electron chi connectivity index (χ0n) is 13.6. The van der Waals surface area contributed by atoms with Crippen LogP contribution in [0.2, 0.25) is 0 Å². The Labute approximate surface area is 133 Å². The highest BCUT2D eigenvalue weighted by Gasteiger charge is 2.28. The van der Waals surface area contributed by atoms with Gasteiger partial charge in [0.25, 0.3) is 0 Å². The van der Waals surface area contributed by atoms with Crippen LogP contribution < -0.4 is 4.90 Å². The van der Waals surface area contributed by atoms with Gasteiger partial charge in [-0.05, 0) is 50.6 Å². The van der Waals surface area contributed by atoms with E-state index < -0.39 is 0 Å². The summed E-state index contributed by atoms with van der Waals surface area (Å²) >= 11 is 0. The largest absolute Gasteiger partial charge is 0.329 e. The minimum atomic E-state index is 0.509. The van der Waals surface area contributed by atoms with E-state index in [1.807, 2.05) is 6.20 Å². The summed E-state index contributed by atoms with van der Waals surface area (Å²) in [6.07, 6.45) is 5.63. The first-order valence-corrected chi connectivity index (χ1v) is 8.29. The highest BCUT2D eigenvalue weighted by atomic mass is 15.2. The molecule has 0 spiro atoms. The molecule has 1 aromatic heterocycles. The molecule has 0 radical (unpaired) electrons. The molecule has 116 valence electrons. The summed E-state index contributed by atoms with van der Waals surface area (Å²) in [5, 5.41) is 0. The number of pyridine rings is 1. The second-order valence-electron chi connectivity index (χ2n) is 6.00. The lowest BCUT2D eigenvalue weighted by Gasteiger charge is -2.28. The van der Waals surface area contributed by atoms with Gasteiger partial charge in [0.05, 0.1) is 0 Å². The van der Waals surface area contributed by atoms with E-state index in [1.165, 1.54) is 43.6 Å². The van der Waals surface area contributed by atoms with Gasteiger partial charge in [0.2, 0.25) is 0 Å². The van der Waals surface area contributed by atoms with Gasteiger partial charge < -0.3 is 4.90 Å². The average molecular weight is 295 g/mol. The molecule has 1 unspecified atom stereocenters. The lowest BCUT2D eigenvalue weighted by atomic mass is 10.0. The number of likely N-dealkylation sites (tertiary alicyclic amines) is 1. The third kappa shape index (κ3) is 3.00. The van der Waals surface area contributed by atoms with Crippen LogP contribution in [0.25, 0.3) is 0 Å². The van der Waals surface area contributed by atoms with E-state index in [0.29, 0.717) is 6.04 Å². The van der Waals surface area contributed by atoms with Crippen LogP contribution in [-0.2, 0) is 0 Å². The summed E-state index contributed by atoms with van der Waals surface area (Å²) in [4.78, 5) is 9.51.